The second kappa shape index (κ2) is 7.69. The molecule has 30 heavy (non-hydrogen) atoms. The number of benzene rings is 1. The molecule has 3 aromatic rings. The second-order valence-corrected chi connectivity index (χ2v) is 8.45. The van der Waals surface area contributed by atoms with Crippen LogP contribution in [0.2, 0.25) is 0 Å². The van der Waals surface area contributed by atoms with Crippen molar-refractivity contribution in [1.29, 1.82) is 0 Å². The van der Waals surface area contributed by atoms with Crippen molar-refractivity contribution in [2.24, 2.45) is 11.3 Å². The SMILES string of the molecule is O=C(Nc1cccc(F)c1)C1CC12CCN(Cc1cccn1-c1ccccn1)CC2. The number of carbonyl (C=O) groups is 1. The fourth-order valence-corrected chi connectivity index (χ4v) is 4.72. The zero-order valence-electron chi connectivity index (χ0n) is 16.8. The predicted octanol–water partition coefficient (Wildman–Crippen LogP) is 4.25. The topological polar surface area (TPSA) is 50.2 Å². The number of likely N-dealkylation sites (tertiary alicyclic amines) is 1. The molecule has 5 nitrogen and oxygen atoms in total. The minimum atomic E-state index is -0.331. The predicted molar refractivity (Wildman–Crippen MR) is 114 cm³/mol. The van der Waals surface area contributed by atoms with Gasteiger partial charge in [-0.05, 0) is 80.2 Å². The van der Waals surface area contributed by atoms with Gasteiger partial charge in [-0.3, -0.25) is 9.69 Å². The average molecular weight is 404 g/mol. The van der Waals surface area contributed by atoms with Crippen molar-refractivity contribution in [3.05, 3.63) is 78.5 Å². The molecule has 1 aliphatic heterocycles. The third-order valence-corrected chi connectivity index (χ3v) is 6.57. The molecule has 1 spiro atoms. The molecule has 1 aliphatic carbocycles. The highest BCUT2D eigenvalue weighted by Gasteiger charge is 2.58. The van der Waals surface area contributed by atoms with Crippen molar-refractivity contribution in [3.63, 3.8) is 0 Å². The number of hydrogen-bond donors (Lipinski definition) is 1. The van der Waals surface area contributed by atoms with Crippen molar-refractivity contribution < 1.29 is 9.18 Å². The van der Waals surface area contributed by atoms with Crippen LogP contribution in [0.25, 0.3) is 5.82 Å². The van der Waals surface area contributed by atoms with Crippen LogP contribution in [0, 0.1) is 17.2 Å². The van der Waals surface area contributed by atoms with Crippen molar-refractivity contribution >= 4 is 11.6 Å². The number of nitrogens with one attached hydrogen (secondary N) is 1. The van der Waals surface area contributed by atoms with E-state index in [1.165, 1.54) is 17.8 Å². The van der Waals surface area contributed by atoms with E-state index in [0.29, 0.717) is 5.69 Å². The van der Waals surface area contributed by atoms with Gasteiger partial charge in [0.1, 0.15) is 11.6 Å². The van der Waals surface area contributed by atoms with E-state index in [2.05, 4.69) is 38.1 Å². The molecule has 0 radical (unpaired) electrons. The molecule has 1 unspecified atom stereocenters. The van der Waals surface area contributed by atoms with Crippen molar-refractivity contribution in [3.8, 4) is 5.82 Å². The Bertz CT molecular complexity index is 1040. The maximum atomic E-state index is 13.4. The first kappa shape index (κ1) is 19.0. The number of nitrogens with zero attached hydrogens (tertiary/aromatic N) is 3. The lowest BCUT2D eigenvalue weighted by atomic mass is 9.90. The number of halogens is 1. The molecule has 1 saturated carbocycles. The maximum absolute atomic E-state index is 13.4. The largest absolute Gasteiger partial charge is 0.326 e. The zero-order valence-corrected chi connectivity index (χ0v) is 16.8. The molecular weight excluding hydrogens is 379 g/mol. The first-order valence-corrected chi connectivity index (χ1v) is 10.5. The van der Waals surface area contributed by atoms with E-state index in [0.717, 1.165) is 44.7 Å². The number of anilines is 1. The van der Waals surface area contributed by atoms with Crippen LogP contribution < -0.4 is 5.32 Å². The van der Waals surface area contributed by atoms with Gasteiger partial charge >= 0.3 is 0 Å². The van der Waals surface area contributed by atoms with Crippen LogP contribution in [-0.4, -0.2) is 33.4 Å². The Morgan fingerprint density at radius 3 is 2.77 bits per heavy atom. The molecule has 1 saturated heterocycles. The average Bonchev–Trinajstić information content (AvgIpc) is 3.26. The fraction of sp³-hybridized carbons (Fsp3) is 0.333. The highest BCUT2D eigenvalue weighted by molar-refractivity contribution is 5.95. The summed E-state index contributed by atoms with van der Waals surface area (Å²) in [7, 11) is 0. The molecule has 2 aromatic heterocycles. The summed E-state index contributed by atoms with van der Waals surface area (Å²) >= 11 is 0. The van der Waals surface area contributed by atoms with Gasteiger partial charge in [0.15, 0.2) is 0 Å². The number of pyridine rings is 1. The molecule has 0 bridgehead atoms. The van der Waals surface area contributed by atoms with Crippen LogP contribution in [0.1, 0.15) is 25.0 Å². The Morgan fingerprint density at radius 2 is 2.00 bits per heavy atom. The van der Waals surface area contributed by atoms with Crippen LogP contribution in [0.5, 0.6) is 0 Å². The molecule has 6 heteroatoms. The summed E-state index contributed by atoms with van der Waals surface area (Å²) in [5.41, 5.74) is 1.88. The van der Waals surface area contributed by atoms with Gasteiger partial charge in [0.25, 0.3) is 0 Å². The lowest BCUT2D eigenvalue weighted by Gasteiger charge is -2.33. The molecule has 5 rings (SSSR count). The smallest absolute Gasteiger partial charge is 0.228 e. The third-order valence-electron chi connectivity index (χ3n) is 6.57. The van der Waals surface area contributed by atoms with Crippen LogP contribution in [0.3, 0.4) is 0 Å². The van der Waals surface area contributed by atoms with Gasteiger partial charge in [-0.15, -0.1) is 0 Å². The van der Waals surface area contributed by atoms with Gasteiger partial charge in [-0.1, -0.05) is 12.1 Å². The van der Waals surface area contributed by atoms with E-state index in [-0.39, 0.29) is 23.1 Å². The van der Waals surface area contributed by atoms with E-state index in [1.807, 2.05) is 24.4 Å². The monoisotopic (exact) mass is 404 g/mol. The Balaban J connectivity index is 1.17. The van der Waals surface area contributed by atoms with Gasteiger partial charge in [0.2, 0.25) is 5.91 Å². The van der Waals surface area contributed by atoms with Gasteiger partial charge < -0.3 is 9.88 Å². The molecule has 3 heterocycles. The molecule has 1 N–H and O–H groups in total. The Kier molecular flexibility index (Phi) is 4.87. The van der Waals surface area contributed by atoms with Crippen molar-refractivity contribution in [2.45, 2.75) is 25.8 Å². The van der Waals surface area contributed by atoms with E-state index in [1.54, 1.807) is 12.1 Å². The first-order valence-electron chi connectivity index (χ1n) is 10.5. The molecule has 1 atom stereocenters. The number of carbonyl (C=O) groups excluding carboxylic acids is 1. The lowest BCUT2D eigenvalue weighted by molar-refractivity contribution is -0.118. The first-order chi connectivity index (χ1) is 14.6. The van der Waals surface area contributed by atoms with Gasteiger partial charge in [0.05, 0.1) is 0 Å². The highest BCUT2D eigenvalue weighted by atomic mass is 19.1. The number of aromatic nitrogens is 2. The quantitative estimate of drug-likeness (QED) is 0.692. The molecule has 1 amide bonds. The second-order valence-electron chi connectivity index (χ2n) is 8.45. The number of hydrogen-bond acceptors (Lipinski definition) is 3. The van der Waals surface area contributed by atoms with Crippen LogP contribution in [-0.2, 0) is 11.3 Å². The lowest BCUT2D eigenvalue weighted by Crippen LogP contribution is -2.36. The van der Waals surface area contributed by atoms with E-state index in [4.69, 9.17) is 0 Å². The minimum absolute atomic E-state index is 0.0260. The Labute approximate surface area is 175 Å². The van der Waals surface area contributed by atoms with Crippen molar-refractivity contribution in [2.75, 3.05) is 18.4 Å². The van der Waals surface area contributed by atoms with Crippen LogP contribution in [0.15, 0.2) is 67.0 Å². The summed E-state index contributed by atoms with van der Waals surface area (Å²) in [5.74, 6) is 0.669. The summed E-state index contributed by atoms with van der Waals surface area (Å²) < 4.78 is 15.5. The Morgan fingerprint density at radius 1 is 1.13 bits per heavy atom. The summed E-state index contributed by atoms with van der Waals surface area (Å²) in [6.07, 6.45) is 6.85. The van der Waals surface area contributed by atoms with Crippen LogP contribution in [0.4, 0.5) is 10.1 Å². The molecule has 2 aliphatic rings. The number of rotatable bonds is 5. The summed E-state index contributed by atoms with van der Waals surface area (Å²) in [6.45, 7) is 2.84. The standard InChI is InChI=1S/C24H25FN4O/c25-18-5-3-6-19(15-18)27-23(30)21-16-24(21)9-13-28(14-10-24)17-20-7-4-12-29(20)22-8-1-2-11-26-22/h1-8,11-12,15,21H,9-10,13-14,16-17H2,(H,27,30). The Hall–Kier alpha value is -2.99. The highest BCUT2D eigenvalue weighted by Crippen LogP contribution is 2.59. The van der Waals surface area contributed by atoms with Crippen molar-refractivity contribution in [1.82, 2.24) is 14.5 Å². The molecule has 2 fully saturated rings. The molecule has 154 valence electrons. The fourth-order valence-electron chi connectivity index (χ4n) is 4.72. The number of piperidine rings is 1. The minimum Gasteiger partial charge on any atom is -0.326 e. The normalized spacial score (nSPS) is 20.2. The van der Waals surface area contributed by atoms with Gasteiger partial charge in [0, 0.05) is 36.2 Å². The van der Waals surface area contributed by atoms with Gasteiger partial charge in [-0.2, -0.15) is 0 Å². The van der Waals surface area contributed by atoms with E-state index >= 15 is 0 Å². The van der Waals surface area contributed by atoms with E-state index in [9.17, 15) is 9.18 Å². The van der Waals surface area contributed by atoms with E-state index < -0.39 is 0 Å². The third kappa shape index (κ3) is 3.75. The zero-order chi connectivity index (χ0) is 20.6. The number of amides is 1. The molecular formula is C24H25FN4O. The summed E-state index contributed by atoms with van der Waals surface area (Å²) in [6, 6.07) is 16.2. The molecule has 1 aromatic carbocycles. The summed E-state index contributed by atoms with van der Waals surface area (Å²) in [4.78, 5) is 19.6. The van der Waals surface area contributed by atoms with Gasteiger partial charge in [-0.25, -0.2) is 9.37 Å². The van der Waals surface area contributed by atoms with Crippen LogP contribution >= 0.6 is 0 Å². The summed E-state index contributed by atoms with van der Waals surface area (Å²) in [5, 5.41) is 2.89. The maximum Gasteiger partial charge on any atom is 0.228 e.